The quantitative estimate of drug-likeness (QED) is 0.731. The third kappa shape index (κ3) is 3.09. The van der Waals surface area contributed by atoms with Gasteiger partial charge in [0.1, 0.15) is 5.69 Å². The summed E-state index contributed by atoms with van der Waals surface area (Å²) in [5.74, 6) is -0.190. The number of nitrogens with one attached hydrogen (secondary N) is 2. The summed E-state index contributed by atoms with van der Waals surface area (Å²) < 4.78 is 0. The van der Waals surface area contributed by atoms with E-state index in [1.54, 1.807) is 25.4 Å². The number of anilines is 1. The van der Waals surface area contributed by atoms with Crippen LogP contribution in [-0.2, 0) is 0 Å². The molecule has 0 aromatic carbocycles. The van der Waals surface area contributed by atoms with E-state index in [0.29, 0.717) is 5.69 Å². The van der Waals surface area contributed by atoms with Gasteiger partial charge in [-0.1, -0.05) is 6.08 Å². The molecule has 1 aromatic rings. The molecule has 15 heavy (non-hydrogen) atoms. The smallest absolute Gasteiger partial charge is 0.269 e. The summed E-state index contributed by atoms with van der Waals surface area (Å²) in [6.07, 6.45) is 3.39. The van der Waals surface area contributed by atoms with Gasteiger partial charge in [0.15, 0.2) is 0 Å². The van der Waals surface area contributed by atoms with Crippen LogP contribution in [-0.4, -0.2) is 24.0 Å². The van der Waals surface area contributed by atoms with E-state index in [1.807, 2.05) is 13.0 Å². The molecule has 1 heterocycles. The number of carbonyl (C=O) groups is 1. The van der Waals surface area contributed by atoms with Gasteiger partial charge >= 0.3 is 0 Å². The third-order valence-electron chi connectivity index (χ3n) is 1.97. The minimum absolute atomic E-state index is 0.157. The molecule has 0 aliphatic heterocycles. The van der Waals surface area contributed by atoms with E-state index in [0.717, 1.165) is 5.69 Å². The van der Waals surface area contributed by atoms with Gasteiger partial charge in [-0.05, 0) is 19.1 Å². The summed E-state index contributed by atoms with van der Waals surface area (Å²) in [5, 5.41) is 5.70. The summed E-state index contributed by atoms with van der Waals surface area (Å²) in [7, 11) is 1.58. The Morgan fingerprint density at radius 2 is 2.40 bits per heavy atom. The van der Waals surface area contributed by atoms with Gasteiger partial charge in [0.2, 0.25) is 0 Å². The van der Waals surface area contributed by atoms with Crippen LogP contribution in [0.4, 0.5) is 5.69 Å². The molecule has 0 spiro atoms. The number of aromatic nitrogens is 1. The summed E-state index contributed by atoms with van der Waals surface area (Å²) in [6.45, 7) is 5.65. The van der Waals surface area contributed by atoms with E-state index in [1.165, 1.54) is 0 Å². The van der Waals surface area contributed by atoms with E-state index in [9.17, 15) is 4.79 Å². The van der Waals surface area contributed by atoms with Crippen molar-refractivity contribution in [2.24, 2.45) is 0 Å². The highest BCUT2D eigenvalue weighted by Gasteiger charge is 2.05. The molecule has 4 nitrogen and oxygen atoms in total. The molecule has 1 amide bonds. The largest absolute Gasteiger partial charge is 0.379 e. The summed E-state index contributed by atoms with van der Waals surface area (Å²) in [5.41, 5.74) is 1.26. The molecule has 4 heteroatoms. The van der Waals surface area contributed by atoms with Crippen molar-refractivity contribution in [1.82, 2.24) is 10.3 Å². The fraction of sp³-hybridized carbons (Fsp3) is 0.273. The first kappa shape index (κ1) is 11.2. The number of hydrogen-bond acceptors (Lipinski definition) is 3. The van der Waals surface area contributed by atoms with Crippen LogP contribution < -0.4 is 10.6 Å². The molecule has 0 bridgehead atoms. The molecule has 0 radical (unpaired) electrons. The minimum Gasteiger partial charge on any atom is -0.379 e. The standard InChI is InChI=1S/C11H15N3O/c1-4-8(2)14-9-5-6-13-10(7-9)11(15)12-3/h4-8H,1H2,2-3H3,(H,12,15)(H,13,14). The highest BCUT2D eigenvalue weighted by molar-refractivity contribution is 5.92. The van der Waals surface area contributed by atoms with Gasteiger partial charge in [-0.15, -0.1) is 6.58 Å². The molecule has 1 aromatic heterocycles. The topological polar surface area (TPSA) is 54.0 Å². The lowest BCUT2D eigenvalue weighted by molar-refractivity contribution is 0.0958. The van der Waals surface area contributed by atoms with Crippen LogP contribution in [0.15, 0.2) is 31.0 Å². The molecule has 0 saturated carbocycles. The number of rotatable bonds is 4. The highest BCUT2D eigenvalue weighted by atomic mass is 16.1. The van der Waals surface area contributed by atoms with E-state index in [4.69, 9.17) is 0 Å². The first-order valence-electron chi connectivity index (χ1n) is 4.74. The molecule has 1 unspecified atom stereocenters. The van der Waals surface area contributed by atoms with E-state index in [2.05, 4.69) is 22.2 Å². The van der Waals surface area contributed by atoms with E-state index >= 15 is 0 Å². The fourth-order valence-corrected chi connectivity index (χ4v) is 1.09. The van der Waals surface area contributed by atoms with Crippen LogP contribution in [0.3, 0.4) is 0 Å². The van der Waals surface area contributed by atoms with Gasteiger partial charge in [0, 0.05) is 25.0 Å². The van der Waals surface area contributed by atoms with Crippen molar-refractivity contribution in [1.29, 1.82) is 0 Å². The average molecular weight is 205 g/mol. The highest BCUT2D eigenvalue weighted by Crippen LogP contribution is 2.09. The monoisotopic (exact) mass is 205 g/mol. The van der Waals surface area contributed by atoms with Gasteiger partial charge in [-0.2, -0.15) is 0 Å². The van der Waals surface area contributed by atoms with E-state index < -0.39 is 0 Å². The molecule has 0 fully saturated rings. The van der Waals surface area contributed by atoms with Crippen LogP contribution in [0.2, 0.25) is 0 Å². The molecule has 0 saturated heterocycles. The SMILES string of the molecule is C=CC(C)Nc1ccnc(C(=O)NC)c1. The Balaban J connectivity index is 2.83. The maximum absolute atomic E-state index is 11.3. The van der Waals surface area contributed by atoms with Crippen LogP contribution in [0, 0.1) is 0 Å². The van der Waals surface area contributed by atoms with Gasteiger partial charge in [-0.3, -0.25) is 9.78 Å². The Bertz CT molecular complexity index is 363. The van der Waals surface area contributed by atoms with Gasteiger partial charge in [-0.25, -0.2) is 0 Å². The number of hydrogen-bond donors (Lipinski definition) is 2. The summed E-state index contributed by atoms with van der Waals surface area (Å²) in [6, 6.07) is 3.68. The lowest BCUT2D eigenvalue weighted by Crippen LogP contribution is -2.19. The van der Waals surface area contributed by atoms with Crippen molar-refractivity contribution < 1.29 is 4.79 Å². The minimum atomic E-state index is -0.190. The maximum Gasteiger partial charge on any atom is 0.269 e. The molecule has 2 N–H and O–H groups in total. The maximum atomic E-state index is 11.3. The van der Waals surface area contributed by atoms with Gasteiger partial charge < -0.3 is 10.6 Å². The predicted octanol–water partition coefficient (Wildman–Crippen LogP) is 1.43. The van der Waals surface area contributed by atoms with Crippen LogP contribution in [0.25, 0.3) is 0 Å². The van der Waals surface area contributed by atoms with Crippen molar-refractivity contribution in [3.63, 3.8) is 0 Å². The molecular formula is C11H15N3O. The van der Waals surface area contributed by atoms with Crippen molar-refractivity contribution in [3.8, 4) is 0 Å². The number of nitrogens with zero attached hydrogens (tertiary/aromatic N) is 1. The average Bonchev–Trinajstić information content (AvgIpc) is 2.28. The third-order valence-corrected chi connectivity index (χ3v) is 1.97. The molecule has 1 rings (SSSR count). The molecular weight excluding hydrogens is 190 g/mol. The Labute approximate surface area is 89.4 Å². The van der Waals surface area contributed by atoms with Crippen LogP contribution in [0.1, 0.15) is 17.4 Å². The summed E-state index contributed by atoms with van der Waals surface area (Å²) in [4.78, 5) is 15.3. The number of amides is 1. The molecule has 80 valence electrons. The zero-order chi connectivity index (χ0) is 11.3. The lowest BCUT2D eigenvalue weighted by atomic mass is 10.2. The normalized spacial score (nSPS) is 11.6. The number of carbonyl (C=O) groups excluding carboxylic acids is 1. The van der Waals surface area contributed by atoms with Gasteiger partial charge in [0.25, 0.3) is 5.91 Å². The predicted molar refractivity (Wildman–Crippen MR) is 60.9 cm³/mol. The second kappa shape index (κ2) is 5.14. The Hall–Kier alpha value is -1.84. The summed E-state index contributed by atoms with van der Waals surface area (Å²) >= 11 is 0. The zero-order valence-electron chi connectivity index (χ0n) is 8.95. The number of pyridine rings is 1. The Morgan fingerprint density at radius 1 is 1.67 bits per heavy atom. The zero-order valence-corrected chi connectivity index (χ0v) is 8.95. The van der Waals surface area contributed by atoms with Gasteiger partial charge in [0.05, 0.1) is 0 Å². The van der Waals surface area contributed by atoms with Crippen molar-refractivity contribution in [2.45, 2.75) is 13.0 Å². The van der Waals surface area contributed by atoms with Crippen molar-refractivity contribution in [3.05, 3.63) is 36.7 Å². The van der Waals surface area contributed by atoms with Crippen LogP contribution >= 0.6 is 0 Å². The van der Waals surface area contributed by atoms with E-state index in [-0.39, 0.29) is 11.9 Å². The first-order chi connectivity index (χ1) is 7.17. The first-order valence-corrected chi connectivity index (χ1v) is 4.74. The molecule has 0 aliphatic rings. The van der Waals surface area contributed by atoms with Crippen molar-refractivity contribution in [2.75, 3.05) is 12.4 Å². The lowest BCUT2D eigenvalue weighted by Gasteiger charge is -2.11. The van der Waals surface area contributed by atoms with Crippen molar-refractivity contribution >= 4 is 11.6 Å². The second-order valence-electron chi connectivity index (χ2n) is 3.18. The molecule has 1 atom stereocenters. The van der Waals surface area contributed by atoms with Crippen LogP contribution in [0.5, 0.6) is 0 Å². The fourth-order valence-electron chi connectivity index (χ4n) is 1.09. The Kier molecular flexibility index (Phi) is 3.85. The molecule has 0 aliphatic carbocycles. The second-order valence-corrected chi connectivity index (χ2v) is 3.18. The Morgan fingerprint density at radius 3 is 3.00 bits per heavy atom.